The van der Waals surface area contributed by atoms with Crippen LogP contribution < -0.4 is 18.9 Å². The van der Waals surface area contributed by atoms with E-state index in [1.165, 1.54) is 36.4 Å². The molecule has 3 aromatic rings. The molecule has 0 aliphatic carbocycles. The molecule has 0 saturated carbocycles. The molecule has 0 bridgehead atoms. The first-order chi connectivity index (χ1) is 26.3. The van der Waals surface area contributed by atoms with E-state index in [1.807, 2.05) is 0 Å². The summed E-state index contributed by atoms with van der Waals surface area (Å²) in [6.07, 6.45) is -3.43. The van der Waals surface area contributed by atoms with Gasteiger partial charge in [-0.3, -0.25) is 38.7 Å². The number of aromatic nitrogens is 2. The van der Waals surface area contributed by atoms with Gasteiger partial charge >= 0.3 is 47.8 Å². The molecule has 18 nitrogen and oxygen atoms in total. The van der Waals surface area contributed by atoms with E-state index in [4.69, 9.17) is 37.9 Å². The highest BCUT2D eigenvalue weighted by atomic mass is 16.6. The smallest absolute Gasteiger partial charge is 0.348 e. The maximum Gasteiger partial charge on any atom is 0.348 e. The molecule has 0 amide bonds. The van der Waals surface area contributed by atoms with E-state index in [2.05, 4.69) is 9.97 Å². The molecule has 1 aromatic heterocycles. The van der Waals surface area contributed by atoms with Crippen molar-refractivity contribution in [2.75, 3.05) is 0 Å². The zero-order valence-corrected chi connectivity index (χ0v) is 31.9. The van der Waals surface area contributed by atoms with Gasteiger partial charge in [0.05, 0.1) is 11.4 Å². The fourth-order valence-electron chi connectivity index (χ4n) is 4.87. The predicted octanol–water partition coefficient (Wildman–Crippen LogP) is 3.23. The first-order valence-electron chi connectivity index (χ1n) is 16.8. The lowest BCUT2D eigenvalue weighted by Gasteiger charge is -2.19. The number of aryl methyl sites for hydroxylation is 2. The molecule has 1 heterocycles. The molecule has 0 N–H and O–H groups in total. The van der Waals surface area contributed by atoms with Crippen LogP contribution in [-0.4, -0.2) is 69.9 Å². The summed E-state index contributed by atoms with van der Waals surface area (Å²) in [6.45, 7) is 9.10. The molecule has 18 heteroatoms. The van der Waals surface area contributed by atoms with Crippen molar-refractivity contribution in [2.24, 2.45) is 0 Å². The maximum atomic E-state index is 13.3. The summed E-state index contributed by atoms with van der Waals surface area (Å²) in [5.74, 6) is -6.61. The van der Waals surface area contributed by atoms with Crippen LogP contribution in [0.3, 0.4) is 0 Å². The van der Waals surface area contributed by atoms with Gasteiger partial charge in [0.25, 0.3) is 0 Å². The van der Waals surface area contributed by atoms with Crippen molar-refractivity contribution in [1.29, 1.82) is 0 Å². The molecule has 3 rings (SSSR count). The Hall–Kier alpha value is -6.72. The van der Waals surface area contributed by atoms with Crippen molar-refractivity contribution in [3.63, 3.8) is 0 Å². The third-order valence-electron chi connectivity index (χ3n) is 7.18. The fraction of sp³-hybridized carbons (Fsp3) is 0.368. The minimum atomic E-state index is -1.48. The molecule has 2 aromatic carbocycles. The number of benzene rings is 2. The van der Waals surface area contributed by atoms with Crippen molar-refractivity contribution in [1.82, 2.24) is 9.97 Å². The van der Waals surface area contributed by atoms with E-state index in [0.29, 0.717) is 22.5 Å². The second-order valence-electron chi connectivity index (χ2n) is 12.0. The molecule has 0 radical (unpaired) electrons. The van der Waals surface area contributed by atoms with E-state index in [1.54, 1.807) is 13.8 Å². The Morgan fingerprint density at radius 3 is 1.11 bits per heavy atom. The lowest BCUT2D eigenvalue weighted by atomic mass is 10.1. The molecular weight excluding hydrogens is 740 g/mol. The maximum absolute atomic E-state index is 13.3. The molecule has 2 atom stereocenters. The number of carbonyl (C=O) groups is 8. The topological polar surface area (TPSA) is 236 Å². The van der Waals surface area contributed by atoms with Gasteiger partial charge in [0, 0.05) is 54.4 Å². The normalized spacial score (nSPS) is 11.6. The Morgan fingerprint density at radius 1 is 0.482 bits per heavy atom. The van der Waals surface area contributed by atoms with Crippen LogP contribution in [0.15, 0.2) is 36.4 Å². The predicted molar refractivity (Wildman–Crippen MR) is 188 cm³/mol. The Balaban J connectivity index is 1.80. The molecule has 0 aliphatic heterocycles. The van der Waals surface area contributed by atoms with Crippen molar-refractivity contribution in [3.8, 4) is 23.0 Å². The second kappa shape index (κ2) is 20.1. The first kappa shape index (κ1) is 43.7. The Bertz CT molecular complexity index is 1880. The number of hydrogen-bond donors (Lipinski definition) is 0. The summed E-state index contributed by atoms with van der Waals surface area (Å²) in [5.41, 5.74) is 1.82. The molecule has 0 fully saturated rings. The molecular formula is C38H40N2O16. The van der Waals surface area contributed by atoms with Crippen LogP contribution in [0, 0.1) is 13.8 Å². The monoisotopic (exact) mass is 780 g/mol. The highest BCUT2D eigenvalue weighted by Crippen LogP contribution is 2.31. The molecule has 0 spiro atoms. The molecule has 298 valence electrons. The van der Waals surface area contributed by atoms with Crippen LogP contribution in [0.25, 0.3) is 0 Å². The summed E-state index contributed by atoms with van der Waals surface area (Å²) in [7, 11) is 0. The minimum absolute atomic E-state index is 0.0490. The quantitative estimate of drug-likeness (QED) is 0.115. The first-order valence-corrected chi connectivity index (χ1v) is 16.8. The van der Waals surface area contributed by atoms with Crippen molar-refractivity contribution in [3.05, 3.63) is 70.3 Å². The third kappa shape index (κ3) is 13.9. The average molecular weight is 781 g/mol. The van der Waals surface area contributed by atoms with Gasteiger partial charge in [-0.15, -0.1) is 0 Å². The van der Waals surface area contributed by atoms with Gasteiger partial charge in [-0.25, -0.2) is 9.59 Å². The van der Waals surface area contributed by atoms with Crippen molar-refractivity contribution < 1.29 is 76.3 Å². The van der Waals surface area contributed by atoms with E-state index in [0.717, 1.165) is 41.5 Å². The molecule has 0 aliphatic rings. The molecule has 56 heavy (non-hydrogen) atoms. The average Bonchev–Trinajstić information content (AvgIpc) is 3.08. The number of rotatable bonds is 16. The minimum Gasteiger partial charge on any atom is -0.456 e. The lowest BCUT2D eigenvalue weighted by molar-refractivity contribution is -0.168. The third-order valence-corrected chi connectivity index (χ3v) is 7.18. The summed E-state index contributed by atoms with van der Waals surface area (Å²) in [4.78, 5) is 106. The summed E-state index contributed by atoms with van der Waals surface area (Å²) in [5, 5.41) is 0. The second-order valence-corrected chi connectivity index (χ2v) is 12.0. The van der Waals surface area contributed by atoms with Gasteiger partial charge in [-0.1, -0.05) is 12.1 Å². The van der Waals surface area contributed by atoms with Crippen LogP contribution in [0.4, 0.5) is 0 Å². The number of nitrogens with zero attached hydrogens (tertiary/aromatic N) is 2. The van der Waals surface area contributed by atoms with E-state index >= 15 is 0 Å². The van der Waals surface area contributed by atoms with Gasteiger partial charge in [-0.2, -0.15) is 0 Å². The zero-order valence-electron chi connectivity index (χ0n) is 31.9. The van der Waals surface area contributed by atoms with Gasteiger partial charge in [0.1, 0.15) is 24.6 Å². The van der Waals surface area contributed by atoms with E-state index < -0.39 is 73.2 Å². The summed E-state index contributed by atoms with van der Waals surface area (Å²) >= 11 is 0. The van der Waals surface area contributed by atoms with Crippen molar-refractivity contribution in [2.45, 2.75) is 93.7 Å². The number of ether oxygens (including phenoxy) is 8. The number of esters is 8. The van der Waals surface area contributed by atoms with Gasteiger partial charge in [0.2, 0.25) is 12.2 Å². The lowest BCUT2D eigenvalue weighted by Crippen LogP contribution is -2.31. The van der Waals surface area contributed by atoms with Crippen LogP contribution in [0.5, 0.6) is 23.0 Å². The van der Waals surface area contributed by atoms with Gasteiger partial charge < -0.3 is 37.9 Å². The Morgan fingerprint density at radius 2 is 0.804 bits per heavy atom. The number of hydrogen-bond acceptors (Lipinski definition) is 18. The van der Waals surface area contributed by atoms with Crippen LogP contribution in [0.2, 0.25) is 0 Å². The Labute approximate surface area is 320 Å². The zero-order chi connectivity index (χ0) is 41.7. The highest BCUT2D eigenvalue weighted by molar-refractivity contribution is 5.80. The van der Waals surface area contributed by atoms with E-state index in [9.17, 15) is 38.4 Å². The summed E-state index contributed by atoms with van der Waals surface area (Å²) < 4.78 is 41.8. The van der Waals surface area contributed by atoms with Gasteiger partial charge in [0.15, 0.2) is 23.0 Å². The van der Waals surface area contributed by atoms with Crippen molar-refractivity contribution >= 4 is 47.8 Å². The number of carbonyl (C=O) groups excluding carboxylic acids is 8. The van der Waals surface area contributed by atoms with Crippen LogP contribution in [-0.2, 0) is 83.4 Å². The molecule has 0 saturated heterocycles. The van der Waals surface area contributed by atoms with Crippen LogP contribution >= 0.6 is 0 Å². The fourth-order valence-corrected chi connectivity index (χ4v) is 4.87. The van der Waals surface area contributed by atoms with Gasteiger partial charge in [-0.05, 0) is 49.2 Å². The highest BCUT2D eigenvalue weighted by Gasteiger charge is 2.28. The largest absolute Gasteiger partial charge is 0.456 e. The SMILES string of the molecule is CC(=O)Oc1ccc(CC(OC(C)=O)C(=O)OCc2nc(C)c(C)nc2COC(=O)C(Cc2ccc(OC(C)=O)c(OC(C)=O)c2)OC(C)=O)cc1OC(C)=O. The van der Waals surface area contributed by atoms with E-state index in [-0.39, 0.29) is 47.2 Å². The Kier molecular flexibility index (Phi) is 15.7. The summed E-state index contributed by atoms with van der Waals surface area (Å²) in [6, 6.07) is 8.30. The van der Waals surface area contributed by atoms with Crippen LogP contribution in [0.1, 0.15) is 75.4 Å². The standard InChI is InChI=1S/C38H40N2O16/c1-19-20(2)40-30(18-50-38(48)36(56-26(8)46)16-28-10-12-32(52-22(4)42)34(14-28)54-24(6)44)29(39-19)17-49-37(47)35(55-25(7)45)15-27-9-11-31(51-21(3)41)33(13-27)53-23(5)43/h9-14,35-36H,15-18H2,1-8H3. The molecule has 2 unspecified atom stereocenters.